The highest BCUT2D eigenvalue weighted by molar-refractivity contribution is 5.79. The van der Waals surface area contributed by atoms with Crippen molar-refractivity contribution in [2.24, 2.45) is 0 Å². The fourth-order valence-electron chi connectivity index (χ4n) is 2.83. The molecule has 0 spiro atoms. The third-order valence-corrected chi connectivity index (χ3v) is 3.98. The molecule has 3 rings (SSSR count). The Morgan fingerprint density at radius 1 is 0.950 bits per heavy atom. The Kier molecular flexibility index (Phi) is 4.05. The summed E-state index contributed by atoms with van der Waals surface area (Å²) in [6.45, 7) is 3.34. The lowest BCUT2D eigenvalue weighted by Gasteiger charge is -2.02. The zero-order valence-electron chi connectivity index (χ0n) is 12.3. The molecular weight excluding hydrogens is 246 g/mol. The molecule has 106 valence electrons. The summed E-state index contributed by atoms with van der Waals surface area (Å²) in [6, 6.07) is 8.33. The van der Waals surface area contributed by atoms with E-state index in [2.05, 4.69) is 46.5 Å². The molecule has 0 amide bonds. The minimum Gasteiger partial charge on any atom is -0.317 e. The number of hydrogen-bond donors (Lipinski definition) is 0. The quantitative estimate of drug-likeness (QED) is 0.572. The van der Waals surface area contributed by atoms with Crippen molar-refractivity contribution in [2.45, 2.75) is 52.0 Å². The third kappa shape index (κ3) is 2.58. The second-order valence-corrected chi connectivity index (χ2v) is 5.53. The van der Waals surface area contributed by atoms with Crippen LogP contribution in [0.25, 0.3) is 16.8 Å². The van der Waals surface area contributed by atoms with E-state index < -0.39 is 0 Å². The Morgan fingerprint density at radius 3 is 2.65 bits per heavy atom. The van der Waals surface area contributed by atoms with E-state index in [9.17, 15) is 0 Å². The maximum Gasteiger partial charge on any atom is 0.214 e. The first kappa shape index (κ1) is 13.2. The maximum atomic E-state index is 4.73. The largest absolute Gasteiger partial charge is 0.317 e. The average molecular weight is 269 g/mol. The number of unbranched alkanes of at least 4 members (excludes halogenated alkanes) is 5. The zero-order valence-corrected chi connectivity index (χ0v) is 12.3. The molecule has 0 radical (unpaired) electrons. The lowest BCUT2D eigenvalue weighted by Crippen LogP contribution is -1.97. The van der Waals surface area contributed by atoms with E-state index in [1.807, 2.05) is 6.07 Å². The predicted octanol–water partition coefficient (Wildman–Crippen LogP) is 4.65. The third-order valence-electron chi connectivity index (χ3n) is 3.98. The van der Waals surface area contributed by atoms with Gasteiger partial charge in [0.1, 0.15) is 0 Å². The van der Waals surface area contributed by atoms with Gasteiger partial charge in [0.15, 0.2) is 0 Å². The number of rotatable bonds is 7. The van der Waals surface area contributed by atoms with Crippen LogP contribution in [-0.4, -0.2) is 14.0 Å². The monoisotopic (exact) mass is 269 g/mol. The smallest absolute Gasteiger partial charge is 0.214 e. The summed E-state index contributed by atoms with van der Waals surface area (Å²) in [7, 11) is 0. The molecule has 0 aliphatic carbocycles. The number of hydrogen-bond acceptors (Lipinski definition) is 1. The summed E-state index contributed by atoms with van der Waals surface area (Å²) in [6.07, 6.45) is 12.3. The van der Waals surface area contributed by atoms with E-state index in [1.165, 1.54) is 44.0 Å². The highest BCUT2D eigenvalue weighted by atomic mass is 15.2. The van der Waals surface area contributed by atoms with Crippen molar-refractivity contribution in [3.05, 3.63) is 36.7 Å². The molecule has 0 fully saturated rings. The summed E-state index contributed by atoms with van der Waals surface area (Å²) in [5.74, 6) is 1.07. The van der Waals surface area contributed by atoms with Gasteiger partial charge in [0.25, 0.3) is 0 Å². The normalized spacial score (nSPS) is 11.7. The molecular formula is C17H23N3. The van der Waals surface area contributed by atoms with E-state index in [1.54, 1.807) is 0 Å². The van der Waals surface area contributed by atoms with Gasteiger partial charge in [0.05, 0.1) is 11.0 Å². The molecule has 2 heterocycles. The lowest BCUT2D eigenvalue weighted by molar-refractivity contribution is 0.563. The number of para-hydroxylation sites is 2. The fraction of sp³-hybridized carbons (Fsp3) is 0.471. The van der Waals surface area contributed by atoms with Gasteiger partial charge in [0, 0.05) is 18.9 Å². The van der Waals surface area contributed by atoms with Gasteiger partial charge in [-0.2, -0.15) is 0 Å². The lowest BCUT2D eigenvalue weighted by atomic mass is 10.1. The molecule has 0 aliphatic heterocycles. The van der Waals surface area contributed by atoms with Crippen LogP contribution in [0.1, 0.15) is 45.4 Å². The van der Waals surface area contributed by atoms with E-state index in [4.69, 9.17) is 4.98 Å². The standard InChI is InChI=1S/C17H23N3/c1-2-3-4-5-6-9-12-19-13-14-20-16-11-8-7-10-15(16)18-17(19)20/h7-8,10-11,13-14H,2-6,9,12H2,1H3. The van der Waals surface area contributed by atoms with E-state index >= 15 is 0 Å². The first-order valence-corrected chi connectivity index (χ1v) is 7.82. The molecule has 3 nitrogen and oxygen atoms in total. The van der Waals surface area contributed by atoms with Gasteiger partial charge < -0.3 is 4.57 Å². The molecule has 3 aromatic rings. The first-order valence-electron chi connectivity index (χ1n) is 7.82. The van der Waals surface area contributed by atoms with Crippen LogP contribution >= 0.6 is 0 Å². The van der Waals surface area contributed by atoms with Crippen molar-refractivity contribution in [3.63, 3.8) is 0 Å². The summed E-state index contributed by atoms with van der Waals surface area (Å²) >= 11 is 0. The van der Waals surface area contributed by atoms with Crippen LogP contribution in [0.3, 0.4) is 0 Å². The highest BCUT2D eigenvalue weighted by Crippen LogP contribution is 2.17. The first-order chi connectivity index (χ1) is 9.90. The van der Waals surface area contributed by atoms with Crippen LogP contribution in [0, 0.1) is 0 Å². The van der Waals surface area contributed by atoms with Crippen molar-refractivity contribution >= 4 is 16.8 Å². The molecule has 0 aliphatic rings. The van der Waals surface area contributed by atoms with Crippen molar-refractivity contribution in [1.29, 1.82) is 0 Å². The van der Waals surface area contributed by atoms with E-state index in [0.29, 0.717) is 0 Å². The molecule has 3 heteroatoms. The molecule has 0 saturated heterocycles. The van der Waals surface area contributed by atoms with Gasteiger partial charge in [0.2, 0.25) is 5.78 Å². The molecule has 0 unspecified atom stereocenters. The number of imidazole rings is 2. The Labute approximate surface area is 120 Å². The number of aromatic nitrogens is 3. The number of benzene rings is 1. The maximum absolute atomic E-state index is 4.73. The van der Waals surface area contributed by atoms with Crippen LogP contribution < -0.4 is 0 Å². The van der Waals surface area contributed by atoms with Crippen LogP contribution in [0.15, 0.2) is 36.7 Å². The van der Waals surface area contributed by atoms with Crippen LogP contribution in [0.5, 0.6) is 0 Å². The second-order valence-electron chi connectivity index (χ2n) is 5.53. The SMILES string of the molecule is CCCCCCCCn1ccn2c3ccccc3nc12. The molecule has 0 N–H and O–H groups in total. The van der Waals surface area contributed by atoms with Crippen LogP contribution in [-0.2, 0) is 6.54 Å². The van der Waals surface area contributed by atoms with Crippen molar-refractivity contribution in [2.75, 3.05) is 0 Å². The van der Waals surface area contributed by atoms with Crippen molar-refractivity contribution < 1.29 is 0 Å². The van der Waals surface area contributed by atoms with Gasteiger partial charge in [-0.25, -0.2) is 4.98 Å². The minimum absolute atomic E-state index is 1.07. The highest BCUT2D eigenvalue weighted by Gasteiger charge is 2.07. The predicted molar refractivity (Wildman–Crippen MR) is 84.1 cm³/mol. The van der Waals surface area contributed by atoms with Gasteiger partial charge >= 0.3 is 0 Å². The van der Waals surface area contributed by atoms with Gasteiger partial charge in [-0.1, -0.05) is 51.2 Å². The topological polar surface area (TPSA) is 22.2 Å². The molecule has 1 aromatic carbocycles. The zero-order chi connectivity index (χ0) is 13.8. The molecule has 0 saturated carbocycles. The number of nitrogens with zero attached hydrogens (tertiary/aromatic N) is 3. The Hall–Kier alpha value is -1.77. The van der Waals surface area contributed by atoms with E-state index in [0.717, 1.165) is 17.8 Å². The molecule has 2 aromatic heterocycles. The summed E-state index contributed by atoms with van der Waals surface area (Å²) in [5, 5.41) is 0. The van der Waals surface area contributed by atoms with Crippen molar-refractivity contribution in [3.8, 4) is 0 Å². The summed E-state index contributed by atoms with van der Waals surface area (Å²) < 4.78 is 4.46. The Bertz CT molecular complexity index is 678. The minimum atomic E-state index is 1.07. The van der Waals surface area contributed by atoms with Gasteiger partial charge in [-0.05, 0) is 18.6 Å². The summed E-state index contributed by atoms with van der Waals surface area (Å²) in [4.78, 5) is 4.73. The summed E-state index contributed by atoms with van der Waals surface area (Å²) in [5.41, 5.74) is 2.28. The van der Waals surface area contributed by atoms with Gasteiger partial charge in [-0.15, -0.1) is 0 Å². The average Bonchev–Trinajstić information content (AvgIpc) is 3.02. The van der Waals surface area contributed by atoms with E-state index in [-0.39, 0.29) is 0 Å². The molecule has 0 bridgehead atoms. The Balaban J connectivity index is 1.66. The van der Waals surface area contributed by atoms with Crippen LogP contribution in [0.4, 0.5) is 0 Å². The van der Waals surface area contributed by atoms with Crippen LogP contribution in [0.2, 0.25) is 0 Å². The molecule has 20 heavy (non-hydrogen) atoms. The fourth-order valence-corrected chi connectivity index (χ4v) is 2.83. The molecule has 0 atom stereocenters. The number of aryl methyl sites for hydroxylation is 1. The Morgan fingerprint density at radius 2 is 1.75 bits per heavy atom. The number of fused-ring (bicyclic) bond motifs is 3. The van der Waals surface area contributed by atoms with Crippen molar-refractivity contribution in [1.82, 2.24) is 14.0 Å². The van der Waals surface area contributed by atoms with Gasteiger partial charge in [-0.3, -0.25) is 4.40 Å². The second kappa shape index (κ2) is 6.12.